The Kier molecular flexibility index (Phi) is 3.12. The third-order valence-corrected chi connectivity index (χ3v) is 1.61. The Morgan fingerprint density at radius 1 is 1.38 bits per heavy atom. The minimum atomic E-state index is 0.139. The molecule has 0 aromatic carbocycles. The summed E-state index contributed by atoms with van der Waals surface area (Å²) >= 11 is 0. The number of methoxy groups -OCH3 is 1. The van der Waals surface area contributed by atoms with Crippen LogP contribution in [0, 0.1) is 6.92 Å². The average molecular weight is 181 g/mol. The van der Waals surface area contributed by atoms with Gasteiger partial charge in [-0.2, -0.15) is 0 Å². The molecule has 0 bridgehead atoms. The van der Waals surface area contributed by atoms with Crippen molar-refractivity contribution >= 4 is 0 Å². The van der Waals surface area contributed by atoms with E-state index in [0.717, 1.165) is 11.3 Å². The van der Waals surface area contributed by atoms with Crippen LogP contribution in [-0.4, -0.2) is 18.2 Å². The molecule has 0 N–H and O–H groups in total. The molecular formula is C10H15NO2. The Labute approximate surface area is 78.7 Å². The van der Waals surface area contributed by atoms with Crippen LogP contribution in [0.4, 0.5) is 0 Å². The molecule has 0 aliphatic rings. The van der Waals surface area contributed by atoms with Gasteiger partial charge in [0.05, 0.1) is 13.2 Å². The van der Waals surface area contributed by atoms with Gasteiger partial charge in [-0.25, -0.2) is 4.98 Å². The second-order valence-electron chi connectivity index (χ2n) is 3.16. The molecule has 0 amide bonds. The van der Waals surface area contributed by atoms with Gasteiger partial charge in [0.2, 0.25) is 5.88 Å². The molecule has 0 fully saturated rings. The molecule has 1 aromatic rings. The molecule has 0 saturated heterocycles. The van der Waals surface area contributed by atoms with Crippen molar-refractivity contribution in [1.82, 2.24) is 4.98 Å². The summed E-state index contributed by atoms with van der Waals surface area (Å²) < 4.78 is 10.6. The zero-order valence-electron chi connectivity index (χ0n) is 8.50. The summed E-state index contributed by atoms with van der Waals surface area (Å²) in [5, 5.41) is 0. The summed E-state index contributed by atoms with van der Waals surface area (Å²) in [6, 6.07) is 1.80. The standard InChI is InChI=1S/C10H15NO2/c1-7(2)13-10-5-9(12-4)8(3)6-11-10/h5-7H,1-4H3. The molecular weight excluding hydrogens is 166 g/mol. The summed E-state index contributed by atoms with van der Waals surface area (Å²) in [7, 11) is 1.64. The van der Waals surface area contributed by atoms with Crippen LogP contribution in [0.15, 0.2) is 12.3 Å². The third-order valence-electron chi connectivity index (χ3n) is 1.61. The van der Waals surface area contributed by atoms with E-state index in [2.05, 4.69) is 4.98 Å². The molecule has 1 heterocycles. The van der Waals surface area contributed by atoms with E-state index in [1.807, 2.05) is 20.8 Å². The Balaban J connectivity index is 2.86. The maximum atomic E-state index is 5.42. The van der Waals surface area contributed by atoms with Gasteiger partial charge in [0.1, 0.15) is 5.75 Å². The quantitative estimate of drug-likeness (QED) is 0.716. The fourth-order valence-electron chi connectivity index (χ4n) is 1.01. The first-order valence-electron chi connectivity index (χ1n) is 4.30. The second kappa shape index (κ2) is 4.12. The van der Waals surface area contributed by atoms with Gasteiger partial charge in [0.15, 0.2) is 0 Å². The van der Waals surface area contributed by atoms with Gasteiger partial charge in [0, 0.05) is 17.8 Å². The van der Waals surface area contributed by atoms with Crippen LogP contribution in [0.5, 0.6) is 11.6 Å². The van der Waals surface area contributed by atoms with E-state index in [1.54, 1.807) is 19.4 Å². The largest absolute Gasteiger partial charge is 0.496 e. The minimum Gasteiger partial charge on any atom is -0.496 e. The average Bonchev–Trinajstić information content (AvgIpc) is 2.07. The lowest BCUT2D eigenvalue weighted by Gasteiger charge is -2.10. The van der Waals surface area contributed by atoms with E-state index >= 15 is 0 Å². The maximum absolute atomic E-state index is 5.42. The Morgan fingerprint density at radius 3 is 2.62 bits per heavy atom. The second-order valence-corrected chi connectivity index (χ2v) is 3.16. The number of pyridine rings is 1. The number of hydrogen-bond donors (Lipinski definition) is 0. The summed E-state index contributed by atoms with van der Waals surface area (Å²) in [6.07, 6.45) is 1.89. The fraction of sp³-hybridized carbons (Fsp3) is 0.500. The van der Waals surface area contributed by atoms with Crippen LogP contribution in [-0.2, 0) is 0 Å². The van der Waals surface area contributed by atoms with E-state index in [1.165, 1.54) is 0 Å². The normalized spacial score (nSPS) is 10.2. The number of aryl methyl sites for hydroxylation is 1. The monoisotopic (exact) mass is 181 g/mol. The highest BCUT2D eigenvalue weighted by atomic mass is 16.5. The van der Waals surface area contributed by atoms with Gasteiger partial charge in [-0.05, 0) is 20.8 Å². The van der Waals surface area contributed by atoms with Crippen LogP contribution in [0.1, 0.15) is 19.4 Å². The lowest BCUT2D eigenvalue weighted by atomic mass is 10.3. The molecule has 1 rings (SSSR count). The van der Waals surface area contributed by atoms with Crippen molar-refractivity contribution in [2.45, 2.75) is 26.9 Å². The molecule has 0 aliphatic heterocycles. The van der Waals surface area contributed by atoms with E-state index in [-0.39, 0.29) is 6.10 Å². The molecule has 0 aliphatic carbocycles. The first-order chi connectivity index (χ1) is 6.13. The topological polar surface area (TPSA) is 31.4 Å². The SMILES string of the molecule is COc1cc(OC(C)C)ncc1C. The van der Waals surface area contributed by atoms with Crippen molar-refractivity contribution in [2.75, 3.05) is 7.11 Å². The van der Waals surface area contributed by atoms with Crippen LogP contribution in [0.25, 0.3) is 0 Å². The number of rotatable bonds is 3. The van der Waals surface area contributed by atoms with Crippen molar-refractivity contribution in [3.63, 3.8) is 0 Å². The summed E-state index contributed by atoms with van der Waals surface area (Å²) in [6.45, 7) is 5.88. The molecule has 1 aromatic heterocycles. The summed E-state index contributed by atoms with van der Waals surface area (Å²) in [4.78, 5) is 4.12. The van der Waals surface area contributed by atoms with Crippen molar-refractivity contribution in [1.29, 1.82) is 0 Å². The van der Waals surface area contributed by atoms with Crippen molar-refractivity contribution in [2.24, 2.45) is 0 Å². The van der Waals surface area contributed by atoms with Crippen molar-refractivity contribution in [3.8, 4) is 11.6 Å². The van der Waals surface area contributed by atoms with Crippen molar-refractivity contribution < 1.29 is 9.47 Å². The van der Waals surface area contributed by atoms with Crippen LogP contribution in [0.2, 0.25) is 0 Å². The lowest BCUT2D eigenvalue weighted by molar-refractivity contribution is 0.231. The lowest BCUT2D eigenvalue weighted by Crippen LogP contribution is -2.07. The van der Waals surface area contributed by atoms with Gasteiger partial charge in [-0.3, -0.25) is 0 Å². The first kappa shape index (κ1) is 9.84. The van der Waals surface area contributed by atoms with Crippen molar-refractivity contribution in [3.05, 3.63) is 17.8 Å². The highest BCUT2D eigenvalue weighted by Gasteiger charge is 2.03. The molecule has 3 heteroatoms. The van der Waals surface area contributed by atoms with Gasteiger partial charge < -0.3 is 9.47 Å². The molecule has 0 unspecified atom stereocenters. The molecule has 72 valence electrons. The maximum Gasteiger partial charge on any atom is 0.217 e. The summed E-state index contributed by atoms with van der Waals surface area (Å²) in [5.41, 5.74) is 1.01. The predicted octanol–water partition coefficient (Wildman–Crippen LogP) is 2.19. The predicted molar refractivity (Wildman–Crippen MR) is 51.3 cm³/mol. The summed E-state index contributed by atoms with van der Waals surface area (Å²) in [5.74, 6) is 1.42. The Bertz CT molecular complexity index is 284. The molecule has 0 spiro atoms. The highest BCUT2D eigenvalue weighted by Crippen LogP contribution is 2.21. The zero-order valence-corrected chi connectivity index (χ0v) is 8.50. The van der Waals surface area contributed by atoms with Crippen LogP contribution in [0.3, 0.4) is 0 Å². The number of ether oxygens (including phenoxy) is 2. The molecule has 13 heavy (non-hydrogen) atoms. The van der Waals surface area contributed by atoms with Gasteiger partial charge >= 0.3 is 0 Å². The molecule has 3 nitrogen and oxygen atoms in total. The highest BCUT2D eigenvalue weighted by molar-refractivity contribution is 5.34. The smallest absolute Gasteiger partial charge is 0.217 e. The molecule has 0 atom stereocenters. The Morgan fingerprint density at radius 2 is 2.08 bits per heavy atom. The fourth-order valence-corrected chi connectivity index (χ4v) is 1.01. The third kappa shape index (κ3) is 2.61. The van der Waals surface area contributed by atoms with E-state index < -0.39 is 0 Å². The van der Waals surface area contributed by atoms with Gasteiger partial charge in [-0.1, -0.05) is 0 Å². The van der Waals surface area contributed by atoms with E-state index in [9.17, 15) is 0 Å². The van der Waals surface area contributed by atoms with Crippen LogP contribution >= 0.6 is 0 Å². The molecule has 0 saturated carbocycles. The zero-order chi connectivity index (χ0) is 9.84. The van der Waals surface area contributed by atoms with Crippen LogP contribution < -0.4 is 9.47 Å². The van der Waals surface area contributed by atoms with E-state index in [0.29, 0.717) is 5.88 Å². The number of nitrogens with zero attached hydrogens (tertiary/aromatic N) is 1. The minimum absolute atomic E-state index is 0.139. The number of aromatic nitrogens is 1. The Hall–Kier alpha value is -1.25. The van der Waals surface area contributed by atoms with E-state index in [4.69, 9.17) is 9.47 Å². The molecule has 0 radical (unpaired) electrons. The number of hydrogen-bond acceptors (Lipinski definition) is 3. The van der Waals surface area contributed by atoms with Gasteiger partial charge in [0.25, 0.3) is 0 Å². The first-order valence-corrected chi connectivity index (χ1v) is 4.30. The van der Waals surface area contributed by atoms with Gasteiger partial charge in [-0.15, -0.1) is 0 Å².